The van der Waals surface area contributed by atoms with Crippen LogP contribution in [0.25, 0.3) is 0 Å². The first-order valence-corrected chi connectivity index (χ1v) is 8.29. The van der Waals surface area contributed by atoms with Crippen LogP contribution in [-0.4, -0.2) is 62.1 Å². The van der Waals surface area contributed by atoms with Gasteiger partial charge in [0.05, 0.1) is 32.4 Å². The van der Waals surface area contributed by atoms with Crippen LogP contribution in [0.5, 0.6) is 5.75 Å². The third-order valence-electron chi connectivity index (χ3n) is 3.94. The van der Waals surface area contributed by atoms with Crippen molar-refractivity contribution in [1.82, 2.24) is 10.2 Å². The highest BCUT2D eigenvalue weighted by Gasteiger charge is 2.30. The zero-order valence-corrected chi connectivity index (χ0v) is 14.5. The fraction of sp³-hybridized carbons (Fsp3) is 0.438. The molecule has 8 nitrogen and oxygen atoms in total. The number of carbonyl (C=O) groups is 2. The Labute approximate surface area is 150 Å². The van der Waals surface area contributed by atoms with Crippen LogP contribution in [0.1, 0.15) is 6.42 Å². The Hall–Kier alpha value is -2.32. The Bertz CT molecular complexity index is 703. The molecule has 0 bridgehead atoms. The predicted molar refractivity (Wildman–Crippen MR) is 93.0 cm³/mol. The van der Waals surface area contributed by atoms with Gasteiger partial charge in [0.25, 0.3) is 0 Å². The minimum atomic E-state index is -0.810. The third-order valence-corrected chi connectivity index (χ3v) is 4.18. The zero-order valence-electron chi connectivity index (χ0n) is 13.8. The fourth-order valence-electron chi connectivity index (χ4n) is 2.66. The van der Waals surface area contributed by atoms with Gasteiger partial charge in [-0.05, 0) is 18.2 Å². The number of amides is 2. The van der Waals surface area contributed by atoms with Crippen LogP contribution in [0.2, 0.25) is 5.02 Å². The van der Waals surface area contributed by atoms with Gasteiger partial charge >= 0.3 is 0 Å². The monoisotopic (exact) mass is 366 g/mol. The van der Waals surface area contributed by atoms with Crippen LogP contribution in [-0.2, 0) is 14.3 Å². The highest BCUT2D eigenvalue weighted by Crippen LogP contribution is 2.28. The minimum Gasteiger partial charge on any atom is -0.495 e. The summed E-state index contributed by atoms with van der Waals surface area (Å²) >= 11 is 5.97. The zero-order chi connectivity index (χ0) is 17.8. The molecular weight excluding hydrogens is 348 g/mol. The van der Waals surface area contributed by atoms with E-state index in [0.29, 0.717) is 48.7 Å². The van der Waals surface area contributed by atoms with E-state index in [0.717, 1.165) is 0 Å². The smallest absolute Gasteiger partial charge is 0.249 e. The fourth-order valence-corrected chi connectivity index (χ4v) is 2.83. The molecule has 3 rings (SSSR count). The van der Waals surface area contributed by atoms with Gasteiger partial charge in [-0.2, -0.15) is 0 Å². The molecule has 25 heavy (non-hydrogen) atoms. The number of guanidine groups is 1. The second kappa shape index (κ2) is 7.71. The van der Waals surface area contributed by atoms with Gasteiger partial charge < -0.3 is 19.7 Å². The number of carbonyl (C=O) groups excluding carboxylic acids is 2. The number of nitrogens with one attached hydrogen (secondary N) is 2. The van der Waals surface area contributed by atoms with Crippen molar-refractivity contribution in [3.63, 3.8) is 0 Å². The van der Waals surface area contributed by atoms with Crippen LogP contribution < -0.4 is 15.4 Å². The lowest BCUT2D eigenvalue weighted by Crippen LogP contribution is -2.53. The molecule has 2 amide bonds. The van der Waals surface area contributed by atoms with E-state index in [2.05, 4.69) is 15.6 Å². The molecular formula is C16H19ClN4O4. The maximum absolute atomic E-state index is 12.6. The van der Waals surface area contributed by atoms with Crippen molar-refractivity contribution in [2.75, 3.05) is 38.7 Å². The second-order valence-corrected chi connectivity index (χ2v) is 6.09. The van der Waals surface area contributed by atoms with Crippen LogP contribution in [0.15, 0.2) is 23.2 Å². The van der Waals surface area contributed by atoms with Crippen molar-refractivity contribution in [3.8, 4) is 5.75 Å². The van der Waals surface area contributed by atoms with Gasteiger partial charge in [-0.3, -0.25) is 14.9 Å². The number of aliphatic imine (C=N–C) groups is 1. The Morgan fingerprint density at radius 1 is 1.44 bits per heavy atom. The molecule has 0 aromatic heterocycles. The quantitative estimate of drug-likeness (QED) is 0.828. The first-order chi connectivity index (χ1) is 12.1. The third kappa shape index (κ3) is 4.21. The predicted octanol–water partition coefficient (Wildman–Crippen LogP) is 0.864. The average molecular weight is 367 g/mol. The number of rotatable bonds is 3. The summed E-state index contributed by atoms with van der Waals surface area (Å²) in [7, 11) is 1.50. The molecule has 0 spiro atoms. The number of benzene rings is 1. The van der Waals surface area contributed by atoms with E-state index in [1.807, 2.05) is 4.90 Å². The van der Waals surface area contributed by atoms with Crippen molar-refractivity contribution in [1.29, 1.82) is 0 Å². The Morgan fingerprint density at radius 2 is 2.20 bits per heavy atom. The number of nitrogens with zero attached hydrogens (tertiary/aromatic N) is 2. The number of morpholine rings is 1. The molecule has 2 heterocycles. The van der Waals surface area contributed by atoms with Crippen molar-refractivity contribution < 1.29 is 19.1 Å². The topological polar surface area (TPSA) is 92.3 Å². The summed E-state index contributed by atoms with van der Waals surface area (Å²) in [5.74, 6) is 0.268. The lowest BCUT2D eigenvalue weighted by atomic mass is 10.1. The number of anilines is 1. The minimum absolute atomic E-state index is 0.0114. The van der Waals surface area contributed by atoms with Gasteiger partial charge in [-0.1, -0.05) is 11.6 Å². The van der Waals surface area contributed by atoms with Crippen LogP contribution >= 0.6 is 11.6 Å². The van der Waals surface area contributed by atoms with Crippen LogP contribution in [0, 0.1) is 0 Å². The molecule has 0 unspecified atom stereocenters. The van der Waals surface area contributed by atoms with Crippen LogP contribution in [0.4, 0.5) is 5.69 Å². The normalized spacial score (nSPS) is 20.6. The van der Waals surface area contributed by atoms with Crippen molar-refractivity contribution in [2.24, 2.45) is 4.99 Å². The molecule has 1 fully saturated rings. The van der Waals surface area contributed by atoms with Gasteiger partial charge in [-0.25, -0.2) is 4.99 Å². The molecule has 0 saturated carbocycles. The largest absolute Gasteiger partial charge is 0.495 e. The molecule has 9 heteroatoms. The summed E-state index contributed by atoms with van der Waals surface area (Å²) in [6, 6.07) is 4.11. The summed E-state index contributed by atoms with van der Waals surface area (Å²) in [6.07, 6.45) is -0.0114. The van der Waals surface area contributed by atoms with E-state index < -0.39 is 6.04 Å². The van der Waals surface area contributed by atoms with E-state index in [1.165, 1.54) is 7.11 Å². The van der Waals surface area contributed by atoms with Gasteiger partial charge in [0.2, 0.25) is 17.8 Å². The van der Waals surface area contributed by atoms with Crippen molar-refractivity contribution >= 4 is 35.1 Å². The number of hydrogen-bond acceptors (Lipinski definition) is 6. The highest BCUT2D eigenvalue weighted by atomic mass is 35.5. The standard InChI is InChI=1S/C16H19ClN4O4/c1-24-13-3-2-10(17)8-11(13)18-15(23)12-9-14(22)20-16(19-12)21-4-6-25-7-5-21/h2-3,8,12H,4-7,9H2,1H3,(H,18,23)(H,19,20,22)/t12-/m0/s1. The molecule has 1 saturated heterocycles. The molecule has 2 aliphatic rings. The number of methoxy groups -OCH3 is 1. The molecule has 1 atom stereocenters. The molecule has 0 radical (unpaired) electrons. The SMILES string of the molecule is COc1ccc(Cl)cc1NC(=O)[C@@H]1CC(=O)NC(N2CCOCC2)=N1. The number of hydrogen-bond donors (Lipinski definition) is 2. The number of ether oxygens (including phenoxy) is 2. The first-order valence-electron chi connectivity index (χ1n) is 7.91. The van der Waals surface area contributed by atoms with Gasteiger partial charge in [0.1, 0.15) is 11.8 Å². The van der Waals surface area contributed by atoms with Gasteiger partial charge in [0, 0.05) is 18.1 Å². The molecule has 1 aromatic rings. The van der Waals surface area contributed by atoms with Crippen LogP contribution in [0.3, 0.4) is 0 Å². The van der Waals surface area contributed by atoms with E-state index in [4.69, 9.17) is 21.1 Å². The van der Waals surface area contributed by atoms with Crippen molar-refractivity contribution in [2.45, 2.75) is 12.5 Å². The molecule has 2 aliphatic heterocycles. The molecule has 1 aromatic carbocycles. The Kier molecular flexibility index (Phi) is 5.40. The van der Waals surface area contributed by atoms with E-state index >= 15 is 0 Å². The average Bonchev–Trinajstić information content (AvgIpc) is 2.62. The lowest BCUT2D eigenvalue weighted by Gasteiger charge is -2.32. The summed E-state index contributed by atoms with van der Waals surface area (Å²) in [4.78, 5) is 30.9. The van der Waals surface area contributed by atoms with E-state index in [1.54, 1.807) is 18.2 Å². The van der Waals surface area contributed by atoms with Gasteiger partial charge in [-0.15, -0.1) is 0 Å². The van der Waals surface area contributed by atoms with E-state index in [-0.39, 0.29) is 18.2 Å². The summed E-state index contributed by atoms with van der Waals surface area (Å²) in [5, 5.41) is 5.93. The second-order valence-electron chi connectivity index (χ2n) is 5.65. The summed E-state index contributed by atoms with van der Waals surface area (Å²) in [5.41, 5.74) is 0.439. The van der Waals surface area contributed by atoms with E-state index in [9.17, 15) is 9.59 Å². The Balaban J connectivity index is 1.76. The summed E-state index contributed by atoms with van der Waals surface area (Å²) in [6.45, 7) is 2.36. The molecule has 2 N–H and O–H groups in total. The maximum atomic E-state index is 12.6. The molecule has 0 aliphatic carbocycles. The lowest BCUT2D eigenvalue weighted by molar-refractivity contribution is -0.125. The summed E-state index contributed by atoms with van der Waals surface area (Å²) < 4.78 is 10.5. The molecule has 134 valence electrons. The highest BCUT2D eigenvalue weighted by molar-refractivity contribution is 6.31. The van der Waals surface area contributed by atoms with Crippen molar-refractivity contribution in [3.05, 3.63) is 23.2 Å². The number of halogens is 1. The van der Waals surface area contributed by atoms with Gasteiger partial charge in [0.15, 0.2) is 0 Å². The maximum Gasteiger partial charge on any atom is 0.249 e. The Morgan fingerprint density at radius 3 is 2.92 bits per heavy atom. The first kappa shape index (κ1) is 17.5.